The second-order valence-corrected chi connectivity index (χ2v) is 12.1. The van der Waals surface area contributed by atoms with Gasteiger partial charge in [-0.1, -0.05) is 43.9 Å². The highest BCUT2D eigenvalue weighted by Crippen LogP contribution is 2.37. The van der Waals surface area contributed by atoms with Crippen molar-refractivity contribution in [1.82, 2.24) is 10.2 Å². The van der Waals surface area contributed by atoms with E-state index in [2.05, 4.69) is 5.32 Å². The van der Waals surface area contributed by atoms with E-state index in [0.717, 1.165) is 25.7 Å². The van der Waals surface area contributed by atoms with Crippen molar-refractivity contribution in [3.8, 4) is 11.5 Å². The minimum absolute atomic E-state index is 0.000215. The molecule has 9 nitrogen and oxygen atoms in total. The smallest absolute Gasteiger partial charge is 0.247 e. The normalized spacial score (nSPS) is 20.3. The number of carbonyl (C=O) groups is 3. The van der Waals surface area contributed by atoms with Crippen molar-refractivity contribution < 1.29 is 38.5 Å². The molecule has 2 aliphatic carbocycles. The van der Waals surface area contributed by atoms with Crippen LogP contribution in [0.4, 0.5) is 4.39 Å². The number of rotatable bonds is 13. The Morgan fingerprint density at radius 1 is 1.21 bits per heavy atom. The molecule has 2 aromatic rings. The van der Waals surface area contributed by atoms with Gasteiger partial charge < -0.3 is 29.9 Å². The lowest BCUT2D eigenvalue weighted by molar-refractivity contribution is -0.139. The Balaban J connectivity index is 1.70. The van der Waals surface area contributed by atoms with Crippen molar-refractivity contribution in [2.45, 2.75) is 69.7 Å². The molecule has 1 fully saturated rings. The Kier molecular flexibility index (Phi) is 11.9. The third-order valence-electron chi connectivity index (χ3n) is 8.12. The van der Waals surface area contributed by atoms with Gasteiger partial charge >= 0.3 is 0 Å². The van der Waals surface area contributed by atoms with E-state index in [0.29, 0.717) is 33.3 Å². The van der Waals surface area contributed by atoms with Gasteiger partial charge in [-0.15, -0.1) is 0 Å². The summed E-state index contributed by atoms with van der Waals surface area (Å²) in [7, 11) is 1.43. The molecule has 3 N–H and O–H groups in total. The molecule has 0 unspecified atom stereocenters. The SMILES string of the molecule is COc1cc(C=O)cc(I)c1O[C@H]1C=C(C(=O)NCCO)C[C@@H](N(Cc2ccccc2F)C(=O)CCC2CCCC2)[C@@H]1O. The Morgan fingerprint density at radius 3 is 2.63 bits per heavy atom. The second-order valence-electron chi connectivity index (χ2n) is 11.0. The van der Waals surface area contributed by atoms with E-state index in [-0.39, 0.29) is 55.5 Å². The summed E-state index contributed by atoms with van der Waals surface area (Å²) in [5.41, 5.74) is 0.927. The molecule has 0 aromatic heterocycles. The summed E-state index contributed by atoms with van der Waals surface area (Å²) in [6, 6.07) is 8.38. The van der Waals surface area contributed by atoms with Crippen molar-refractivity contribution in [3.63, 3.8) is 0 Å². The lowest BCUT2D eigenvalue weighted by Crippen LogP contribution is -2.55. The molecular formula is C32H38FIN2O7. The van der Waals surface area contributed by atoms with Crippen molar-refractivity contribution in [3.05, 3.63) is 68.6 Å². The van der Waals surface area contributed by atoms with Crippen LogP contribution >= 0.6 is 22.6 Å². The molecule has 3 atom stereocenters. The van der Waals surface area contributed by atoms with Crippen molar-refractivity contribution >= 4 is 40.7 Å². The van der Waals surface area contributed by atoms with Gasteiger partial charge in [0, 0.05) is 42.6 Å². The number of methoxy groups -OCH3 is 1. The first-order chi connectivity index (χ1) is 20.7. The number of nitrogens with one attached hydrogen (secondary N) is 1. The first-order valence-electron chi connectivity index (χ1n) is 14.6. The van der Waals surface area contributed by atoms with E-state index in [1.54, 1.807) is 24.3 Å². The minimum Gasteiger partial charge on any atom is -0.493 e. The van der Waals surface area contributed by atoms with Crippen LogP contribution < -0.4 is 14.8 Å². The highest BCUT2D eigenvalue weighted by atomic mass is 127. The first kappa shape index (κ1) is 32.9. The van der Waals surface area contributed by atoms with Gasteiger partial charge in [0.25, 0.3) is 0 Å². The number of aliphatic hydroxyl groups is 2. The van der Waals surface area contributed by atoms with Crippen LogP contribution in [0.2, 0.25) is 0 Å². The van der Waals surface area contributed by atoms with Gasteiger partial charge in [0.05, 0.1) is 23.3 Å². The van der Waals surface area contributed by atoms with Crippen LogP contribution in [0.5, 0.6) is 11.5 Å². The summed E-state index contributed by atoms with van der Waals surface area (Å²) in [6.07, 6.45) is 5.18. The number of aldehydes is 1. The average Bonchev–Trinajstić information content (AvgIpc) is 3.54. The van der Waals surface area contributed by atoms with Crippen LogP contribution in [-0.2, 0) is 16.1 Å². The topological polar surface area (TPSA) is 125 Å². The fourth-order valence-electron chi connectivity index (χ4n) is 5.81. The average molecular weight is 709 g/mol. The van der Waals surface area contributed by atoms with E-state index < -0.39 is 30.0 Å². The monoisotopic (exact) mass is 708 g/mol. The molecule has 4 rings (SSSR count). The van der Waals surface area contributed by atoms with Crippen LogP contribution in [0, 0.1) is 15.3 Å². The highest BCUT2D eigenvalue weighted by Gasteiger charge is 2.41. The summed E-state index contributed by atoms with van der Waals surface area (Å²) in [5, 5.41) is 23.6. The summed E-state index contributed by atoms with van der Waals surface area (Å²) >= 11 is 2.00. The molecular weight excluding hydrogens is 670 g/mol. The van der Waals surface area contributed by atoms with Gasteiger partial charge in [0.2, 0.25) is 11.8 Å². The molecule has 0 bridgehead atoms. The van der Waals surface area contributed by atoms with E-state index in [4.69, 9.17) is 9.47 Å². The number of aliphatic hydroxyl groups excluding tert-OH is 2. The molecule has 0 radical (unpaired) electrons. The molecule has 1 saturated carbocycles. The first-order valence-corrected chi connectivity index (χ1v) is 15.6. The molecule has 0 aliphatic heterocycles. The molecule has 0 saturated heterocycles. The van der Waals surface area contributed by atoms with E-state index >= 15 is 0 Å². The van der Waals surface area contributed by atoms with Crippen LogP contribution in [0.1, 0.15) is 60.9 Å². The minimum atomic E-state index is -1.29. The molecule has 2 aliphatic rings. The van der Waals surface area contributed by atoms with Gasteiger partial charge in [0.15, 0.2) is 11.5 Å². The predicted molar refractivity (Wildman–Crippen MR) is 166 cm³/mol. The number of hydrogen-bond acceptors (Lipinski definition) is 7. The van der Waals surface area contributed by atoms with Gasteiger partial charge in [-0.05, 0) is 59.2 Å². The van der Waals surface area contributed by atoms with E-state index in [1.807, 2.05) is 22.6 Å². The van der Waals surface area contributed by atoms with Gasteiger partial charge in [0.1, 0.15) is 24.3 Å². The fourth-order valence-corrected chi connectivity index (χ4v) is 6.56. The molecule has 0 heterocycles. The number of hydrogen-bond donors (Lipinski definition) is 3. The maximum atomic E-state index is 14.8. The lowest BCUT2D eigenvalue weighted by atomic mass is 9.87. The number of nitrogens with zero attached hydrogens (tertiary/aromatic N) is 1. The lowest BCUT2D eigenvalue weighted by Gasteiger charge is -2.41. The quantitative estimate of drug-likeness (QED) is 0.211. The number of ether oxygens (including phenoxy) is 2. The predicted octanol–water partition coefficient (Wildman–Crippen LogP) is 4.17. The zero-order chi connectivity index (χ0) is 30.9. The molecule has 2 amide bonds. The summed E-state index contributed by atoms with van der Waals surface area (Å²) in [6.45, 7) is -0.333. The van der Waals surface area contributed by atoms with Crippen LogP contribution in [0.3, 0.4) is 0 Å². The van der Waals surface area contributed by atoms with E-state index in [9.17, 15) is 29.0 Å². The standard InChI is InChI=1S/C32H38FIN2O7/c1-42-28-15-21(19-38)14-25(34)31(28)43-27-17-23(32(41)35-12-13-37)16-26(30(27)40)36(18-22-8-4-5-9-24(22)33)29(39)11-10-20-6-2-3-7-20/h4-5,8-9,14-15,17,19-20,26-27,30,37,40H,2-3,6-7,10-13,16,18H2,1H3,(H,35,41)/t26-,27+,30+/m1/s1. The van der Waals surface area contributed by atoms with E-state index in [1.165, 1.54) is 30.2 Å². The molecule has 43 heavy (non-hydrogen) atoms. The zero-order valence-corrected chi connectivity index (χ0v) is 26.3. The summed E-state index contributed by atoms with van der Waals surface area (Å²) in [5.74, 6) is -0.202. The Labute approximate surface area is 264 Å². The van der Waals surface area contributed by atoms with Crippen molar-refractivity contribution in [1.29, 1.82) is 0 Å². The largest absolute Gasteiger partial charge is 0.493 e. The Bertz CT molecular complexity index is 1330. The van der Waals surface area contributed by atoms with Gasteiger partial charge in [-0.25, -0.2) is 4.39 Å². The maximum absolute atomic E-state index is 14.8. The molecule has 11 heteroatoms. The number of amides is 2. The molecule has 0 spiro atoms. The molecule has 232 valence electrons. The third kappa shape index (κ3) is 8.33. The van der Waals surface area contributed by atoms with Crippen molar-refractivity contribution in [2.75, 3.05) is 20.3 Å². The second kappa shape index (κ2) is 15.6. The van der Waals surface area contributed by atoms with Crippen LogP contribution in [-0.4, -0.2) is 71.7 Å². The fraction of sp³-hybridized carbons (Fsp3) is 0.469. The number of carbonyl (C=O) groups excluding carboxylic acids is 3. The van der Waals surface area contributed by atoms with Gasteiger partial charge in [-0.2, -0.15) is 0 Å². The molecule has 2 aromatic carbocycles. The number of halogens is 2. The Hall–Kier alpha value is -3.03. The summed E-state index contributed by atoms with van der Waals surface area (Å²) < 4.78 is 27.1. The van der Waals surface area contributed by atoms with Crippen molar-refractivity contribution in [2.24, 2.45) is 5.92 Å². The highest BCUT2D eigenvalue weighted by molar-refractivity contribution is 14.1. The number of benzene rings is 2. The third-order valence-corrected chi connectivity index (χ3v) is 8.92. The zero-order valence-electron chi connectivity index (χ0n) is 24.1. The maximum Gasteiger partial charge on any atom is 0.247 e. The van der Waals surface area contributed by atoms with Crippen LogP contribution in [0.25, 0.3) is 0 Å². The Morgan fingerprint density at radius 2 is 1.95 bits per heavy atom. The summed E-state index contributed by atoms with van der Waals surface area (Å²) in [4.78, 5) is 39.8. The van der Waals surface area contributed by atoms with Crippen LogP contribution in [0.15, 0.2) is 48.0 Å². The van der Waals surface area contributed by atoms with Gasteiger partial charge in [-0.3, -0.25) is 14.4 Å².